The predicted molar refractivity (Wildman–Crippen MR) is 74.5 cm³/mol. The number of aromatic nitrogens is 2. The fourth-order valence-electron chi connectivity index (χ4n) is 1.62. The summed E-state index contributed by atoms with van der Waals surface area (Å²) in [5.74, 6) is -0.534. The fourth-order valence-corrected chi connectivity index (χ4v) is 4.09. The van der Waals surface area contributed by atoms with Crippen LogP contribution in [0.2, 0.25) is 0 Å². The van der Waals surface area contributed by atoms with Crippen LogP contribution in [0.1, 0.15) is 0 Å². The van der Waals surface area contributed by atoms with Crippen LogP contribution in [0.15, 0.2) is 17.0 Å². The number of hydrogen-bond acceptors (Lipinski definition) is 4. The van der Waals surface area contributed by atoms with Crippen LogP contribution < -0.4 is 4.72 Å². The number of likely N-dealkylation sites (N-methyl/N-ethyl adjacent to an activating group) is 1. The van der Waals surface area contributed by atoms with Gasteiger partial charge in [-0.3, -0.25) is 0 Å². The molecule has 2 rings (SSSR count). The van der Waals surface area contributed by atoms with Crippen molar-refractivity contribution < 1.29 is 17.3 Å². The summed E-state index contributed by atoms with van der Waals surface area (Å²) >= 11 is -0.475. The molecule has 0 amide bonds. The molecule has 0 radical (unpaired) electrons. The van der Waals surface area contributed by atoms with Crippen LogP contribution in [-0.2, 0) is 10.0 Å². The first-order valence-corrected chi connectivity index (χ1v) is 8.93. The summed E-state index contributed by atoms with van der Waals surface area (Å²) in [6.07, 6.45) is 0. The van der Waals surface area contributed by atoms with Gasteiger partial charge in [-0.15, -0.1) is 0 Å². The van der Waals surface area contributed by atoms with Gasteiger partial charge in [0, 0.05) is 0 Å². The van der Waals surface area contributed by atoms with Crippen molar-refractivity contribution in [2.24, 2.45) is 0 Å². The van der Waals surface area contributed by atoms with E-state index < -0.39 is 30.8 Å². The van der Waals surface area contributed by atoms with Gasteiger partial charge in [-0.2, -0.15) is 0 Å². The molecular formula is C11H16FN4O2SSe+. The van der Waals surface area contributed by atoms with E-state index in [9.17, 15) is 12.8 Å². The molecule has 1 aromatic heterocycles. The quantitative estimate of drug-likeness (QED) is 0.588. The van der Waals surface area contributed by atoms with Gasteiger partial charge in [-0.1, -0.05) is 0 Å². The molecule has 0 aliphatic heterocycles. The van der Waals surface area contributed by atoms with Gasteiger partial charge in [0.1, 0.15) is 0 Å². The summed E-state index contributed by atoms with van der Waals surface area (Å²) < 4.78 is 49.1. The van der Waals surface area contributed by atoms with Gasteiger partial charge in [0.2, 0.25) is 0 Å². The topological polar surface area (TPSA) is 72.0 Å². The van der Waals surface area contributed by atoms with E-state index >= 15 is 0 Å². The van der Waals surface area contributed by atoms with Gasteiger partial charge >= 0.3 is 123 Å². The van der Waals surface area contributed by atoms with Crippen molar-refractivity contribution >= 4 is 36.0 Å². The Labute approximate surface area is 123 Å². The Balaban J connectivity index is 2.28. The van der Waals surface area contributed by atoms with Gasteiger partial charge < -0.3 is 0 Å². The first-order chi connectivity index (χ1) is 9.21. The van der Waals surface area contributed by atoms with E-state index in [4.69, 9.17) is 0 Å². The molecule has 0 unspecified atom stereocenters. The Hall–Kier alpha value is -0.861. The molecule has 20 heavy (non-hydrogen) atoms. The Morgan fingerprint density at radius 1 is 1.25 bits per heavy atom. The summed E-state index contributed by atoms with van der Waals surface area (Å²) in [5.41, 5.74) is 0.197. The molecule has 0 saturated heterocycles. The Morgan fingerprint density at radius 3 is 2.55 bits per heavy atom. The zero-order chi connectivity index (χ0) is 15.0. The van der Waals surface area contributed by atoms with Crippen LogP contribution in [0.3, 0.4) is 0 Å². The molecule has 9 heteroatoms. The van der Waals surface area contributed by atoms with Crippen LogP contribution in [-0.4, -0.2) is 70.1 Å². The molecule has 0 saturated carbocycles. The molecule has 0 atom stereocenters. The standard InChI is InChI=1S/C11H16FN4O2SSe/c1-16(2,3)7-6-13-19(17,18)9-5-4-8(12)10-11(9)15-20-14-10/h4-5,13H,6-7H2,1-3H3/q+1. The Kier molecular flexibility index (Phi) is 4.27. The van der Waals surface area contributed by atoms with E-state index in [1.54, 1.807) is 0 Å². The number of halogens is 1. The van der Waals surface area contributed by atoms with Crippen molar-refractivity contribution in [2.45, 2.75) is 4.90 Å². The zero-order valence-corrected chi connectivity index (χ0v) is 14.0. The molecule has 0 bridgehead atoms. The number of rotatable bonds is 5. The Morgan fingerprint density at radius 2 is 1.90 bits per heavy atom. The number of quaternary nitrogens is 1. The molecule has 110 valence electrons. The minimum absolute atomic E-state index is 0.00145. The normalized spacial score (nSPS) is 13.0. The van der Waals surface area contributed by atoms with Crippen molar-refractivity contribution in [1.29, 1.82) is 0 Å². The number of nitrogens with one attached hydrogen (secondary N) is 1. The third-order valence-corrected chi connectivity index (χ3v) is 5.29. The predicted octanol–water partition coefficient (Wildman–Crippen LogP) is -0.190. The molecule has 1 N–H and O–H groups in total. The number of hydrogen-bond donors (Lipinski definition) is 1. The summed E-state index contributed by atoms with van der Waals surface area (Å²) in [6, 6.07) is 2.36. The average molecular weight is 366 g/mol. The number of benzene rings is 1. The number of sulfonamides is 1. The van der Waals surface area contributed by atoms with Crippen LogP contribution in [0.25, 0.3) is 11.0 Å². The number of nitrogens with zero attached hydrogens (tertiary/aromatic N) is 3. The van der Waals surface area contributed by atoms with Crippen molar-refractivity contribution in [2.75, 3.05) is 34.2 Å². The van der Waals surface area contributed by atoms with E-state index in [-0.39, 0.29) is 15.9 Å². The minimum atomic E-state index is -3.70. The monoisotopic (exact) mass is 367 g/mol. The molecule has 6 nitrogen and oxygen atoms in total. The molecule has 0 spiro atoms. The molecule has 0 fully saturated rings. The van der Waals surface area contributed by atoms with Crippen LogP contribution >= 0.6 is 0 Å². The first kappa shape index (κ1) is 15.5. The van der Waals surface area contributed by atoms with Crippen LogP contribution in [0, 0.1) is 5.82 Å². The number of fused-ring (bicyclic) bond motifs is 1. The maximum absolute atomic E-state index is 13.5. The van der Waals surface area contributed by atoms with Gasteiger partial charge in [-0.25, -0.2) is 0 Å². The second kappa shape index (κ2) is 5.50. The van der Waals surface area contributed by atoms with Gasteiger partial charge in [-0.05, 0) is 0 Å². The SMILES string of the molecule is C[N+](C)(C)CCNS(=O)(=O)c1ccc(F)c2n[se]nc12. The third-order valence-electron chi connectivity index (χ3n) is 2.69. The van der Waals surface area contributed by atoms with Crippen LogP contribution in [0.5, 0.6) is 0 Å². The van der Waals surface area contributed by atoms with Gasteiger partial charge in [0.15, 0.2) is 0 Å². The summed E-state index contributed by atoms with van der Waals surface area (Å²) in [7, 11) is 2.22. The van der Waals surface area contributed by atoms with Gasteiger partial charge in [0.25, 0.3) is 0 Å². The summed E-state index contributed by atoms with van der Waals surface area (Å²) in [5, 5.41) is 0. The van der Waals surface area contributed by atoms with E-state index in [1.165, 1.54) is 6.07 Å². The van der Waals surface area contributed by atoms with Crippen molar-refractivity contribution in [1.82, 2.24) is 12.7 Å². The fraction of sp³-hybridized carbons (Fsp3) is 0.455. The van der Waals surface area contributed by atoms with E-state index in [0.29, 0.717) is 17.6 Å². The van der Waals surface area contributed by atoms with E-state index in [1.807, 2.05) is 21.1 Å². The van der Waals surface area contributed by atoms with E-state index in [0.717, 1.165) is 6.07 Å². The second-order valence-corrected chi connectivity index (χ2v) is 8.26. The summed E-state index contributed by atoms with van der Waals surface area (Å²) in [6.45, 7) is 0.953. The average Bonchev–Trinajstić information content (AvgIpc) is 2.76. The molecule has 1 heterocycles. The zero-order valence-electron chi connectivity index (χ0n) is 11.4. The summed E-state index contributed by atoms with van der Waals surface area (Å²) in [4.78, 5) is -0.00145. The van der Waals surface area contributed by atoms with Crippen molar-refractivity contribution in [3.63, 3.8) is 0 Å². The second-order valence-electron chi connectivity index (χ2n) is 5.42. The molecular weight excluding hydrogens is 350 g/mol. The molecule has 0 aliphatic rings. The molecule has 2 aromatic rings. The molecule has 1 aromatic carbocycles. The first-order valence-electron chi connectivity index (χ1n) is 5.92. The van der Waals surface area contributed by atoms with Crippen molar-refractivity contribution in [3.05, 3.63) is 17.9 Å². The maximum atomic E-state index is 13.5. The van der Waals surface area contributed by atoms with Crippen molar-refractivity contribution in [3.8, 4) is 0 Å². The molecule has 0 aliphatic carbocycles. The van der Waals surface area contributed by atoms with E-state index in [2.05, 4.69) is 12.7 Å². The third kappa shape index (κ3) is 3.42. The van der Waals surface area contributed by atoms with Gasteiger partial charge in [0.05, 0.1) is 0 Å². The Bertz CT molecular complexity index is 724. The van der Waals surface area contributed by atoms with Crippen LogP contribution in [0.4, 0.5) is 4.39 Å².